The third-order valence-electron chi connectivity index (χ3n) is 2.50. The number of methoxy groups -OCH3 is 1. The van der Waals surface area contributed by atoms with E-state index in [9.17, 15) is 0 Å². The molecule has 1 aromatic heterocycles. The van der Waals surface area contributed by atoms with Crippen LogP contribution in [0.2, 0.25) is 10.0 Å². The van der Waals surface area contributed by atoms with Crippen molar-refractivity contribution in [3.8, 4) is 0 Å². The van der Waals surface area contributed by atoms with E-state index in [1.165, 1.54) is 0 Å². The molecule has 0 aliphatic rings. The molecule has 1 aromatic rings. The zero-order chi connectivity index (χ0) is 14.4. The maximum Gasteiger partial charge on any atom is 0.161 e. The molecule has 5 nitrogen and oxygen atoms in total. The first-order valence-electron chi connectivity index (χ1n) is 6.06. The molecule has 0 bridgehead atoms. The van der Waals surface area contributed by atoms with Gasteiger partial charge in [-0.05, 0) is 12.0 Å². The second-order valence-electron chi connectivity index (χ2n) is 4.60. The van der Waals surface area contributed by atoms with Crippen molar-refractivity contribution in [3.05, 3.63) is 16.1 Å². The van der Waals surface area contributed by atoms with Gasteiger partial charge in [-0.25, -0.2) is 10.8 Å². The van der Waals surface area contributed by atoms with E-state index in [4.69, 9.17) is 33.8 Å². The number of rotatable bonds is 7. The van der Waals surface area contributed by atoms with Gasteiger partial charge in [-0.3, -0.25) is 0 Å². The second kappa shape index (κ2) is 7.75. The van der Waals surface area contributed by atoms with Crippen LogP contribution >= 0.6 is 23.2 Å². The molecular formula is C12H20Cl2N4O. The Hall–Kier alpha value is -0.750. The van der Waals surface area contributed by atoms with Gasteiger partial charge in [0.25, 0.3) is 0 Å². The van der Waals surface area contributed by atoms with Gasteiger partial charge in [-0.2, -0.15) is 0 Å². The number of hydrazine groups is 1. The molecule has 0 amide bonds. The highest BCUT2D eigenvalue weighted by Gasteiger charge is 2.16. The molecule has 0 saturated heterocycles. The summed E-state index contributed by atoms with van der Waals surface area (Å²) in [6, 6.07) is 1.64. The number of ether oxygens (including phenoxy) is 1. The van der Waals surface area contributed by atoms with Gasteiger partial charge < -0.3 is 15.1 Å². The van der Waals surface area contributed by atoms with Crippen LogP contribution in [0, 0.1) is 5.92 Å². The predicted molar refractivity (Wildman–Crippen MR) is 81.0 cm³/mol. The highest BCUT2D eigenvalue weighted by molar-refractivity contribution is 6.37. The van der Waals surface area contributed by atoms with E-state index < -0.39 is 0 Å². The van der Waals surface area contributed by atoms with Crippen LogP contribution in [0.1, 0.15) is 13.8 Å². The fraction of sp³-hybridized carbons (Fsp3) is 0.583. The van der Waals surface area contributed by atoms with Crippen LogP contribution in [0.4, 0.5) is 11.6 Å². The molecule has 108 valence electrons. The van der Waals surface area contributed by atoms with Crippen LogP contribution in [-0.2, 0) is 4.74 Å². The normalized spacial score (nSPS) is 10.9. The van der Waals surface area contributed by atoms with E-state index in [1.54, 1.807) is 13.2 Å². The van der Waals surface area contributed by atoms with Crippen LogP contribution in [0.25, 0.3) is 0 Å². The van der Waals surface area contributed by atoms with Crippen molar-refractivity contribution >= 4 is 34.8 Å². The second-order valence-corrected chi connectivity index (χ2v) is 5.42. The number of halogens is 2. The van der Waals surface area contributed by atoms with Crippen LogP contribution in [0.5, 0.6) is 0 Å². The fourth-order valence-corrected chi connectivity index (χ4v) is 2.24. The van der Waals surface area contributed by atoms with Crippen molar-refractivity contribution in [2.75, 3.05) is 37.1 Å². The largest absolute Gasteiger partial charge is 0.383 e. The Labute approximate surface area is 124 Å². The number of nitrogens with two attached hydrogens (primary N) is 1. The number of nitrogens with one attached hydrogen (secondary N) is 1. The highest BCUT2D eigenvalue weighted by atomic mass is 35.5. The number of anilines is 2. The highest BCUT2D eigenvalue weighted by Crippen LogP contribution is 2.31. The minimum absolute atomic E-state index is 0.396. The molecule has 7 heteroatoms. The quantitative estimate of drug-likeness (QED) is 0.599. The predicted octanol–water partition coefficient (Wildman–Crippen LogP) is 2.78. The number of nitrogens with zero attached hydrogens (tertiary/aromatic N) is 2. The summed E-state index contributed by atoms with van der Waals surface area (Å²) in [7, 11) is 1.66. The average Bonchev–Trinajstić information content (AvgIpc) is 2.34. The van der Waals surface area contributed by atoms with Crippen LogP contribution in [0.15, 0.2) is 6.07 Å². The van der Waals surface area contributed by atoms with Gasteiger partial charge in [0.05, 0.1) is 16.7 Å². The number of hydrogen-bond acceptors (Lipinski definition) is 5. The lowest BCUT2D eigenvalue weighted by Gasteiger charge is -2.26. The van der Waals surface area contributed by atoms with Crippen molar-refractivity contribution in [3.63, 3.8) is 0 Å². The Bertz CT molecular complexity index is 415. The summed E-state index contributed by atoms with van der Waals surface area (Å²) in [5.74, 6) is 6.93. The van der Waals surface area contributed by atoms with E-state index in [1.807, 2.05) is 0 Å². The first kappa shape index (κ1) is 16.3. The van der Waals surface area contributed by atoms with Gasteiger partial charge in [0.2, 0.25) is 0 Å². The fourth-order valence-electron chi connectivity index (χ4n) is 1.71. The Kier molecular flexibility index (Phi) is 6.65. The van der Waals surface area contributed by atoms with Crippen LogP contribution in [0.3, 0.4) is 0 Å². The Morgan fingerprint density at radius 2 is 2.11 bits per heavy atom. The minimum Gasteiger partial charge on any atom is -0.383 e. The average molecular weight is 307 g/mol. The van der Waals surface area contributed by atoms with Gasteiger partial charge in [0.15, 0.2) is 5.82 Å². The van der Waals surface area contributed by atoms with Crippen molar-refractivity contribution < 1.29 is 4.74 Å². The number of aromatic nitrogens is 1. The van der Waals surface area contributed by atoms with E-state index >= 15 is 0 Å². The van der Waals surface area contributed by atoms with E-state index in [0.29, 0.717) is 40.8 Å². The molecule has 0 aliphatic heterocycles. The lowest BCUT2D eigenvalue weighted by molar-refractivity contribution is 0.204. The summed E-state index contributed by atoms with van der Waals surface area (Å²) in [5.41, 5.74) is 2.47. The lowest BCUT2D eigenvalue weighted by atomic mass is 10.2. The zero-order valence-electron chi connectivity index (χ0n) is 11.4. The number of nitrogen functional groups attached to an aromatic ring is 1. The lowest BCUT2D eigenvalue weighted by Crippen LogP contribution is -2.32. The summed E-state index contributed by atoms with van der Waals surface area (Å²) in [6.07, 6.45) is 0. The summed E-state index contributed by atoms with van der Waals surface area (Å²) >= 11 is 12.2. The zero-order valence-corrected chi connectivity index (χ0v) is 12.9. The van der Waals surface area contributed by atoms with Gasteiger partial charge in [-0.15, -0.1) is 0 Å². The van der Waals surface area contributed by atoms with Crippen LogP contribution < -0.4 is 16.2 Å². The minimum atomic E-state index is 0.396. The SMILES string of the molecule is COCCN(CC(C)C)c1nc(NN)c(Cl)cc1Cl. The third kappa shape index (κ3) is 4.69. The molecule has 1 rings (SSSR count). The van der Waals surface area contributed by atoms with Crippen molar-refractivity contribution in [2.45, 2.75) is 13.8 Å². The molecule has 0 aromatic carbocycles. The van der Waals surface area contributed by atoms with Crippen LogP contribution in [-0.4, -0.2) is 31.8 Å². The van der Waals surface area contributed by atoms with Gasteiger partial charge in [-0.1, -0.05) is 37.0 Å². The van der Waals surface area contributed by atoms with Gasteiger partial charge in [0, 0.05) is 20.2 Å². The van der Waals surface area contributed by atoms with E-state index in [2.05, 4.69) is 29.2 Å². The van der Waals surface area contributed by atoms with Crippen molar-refractivity contribution in [1.82, 2.24) is 4.98 Å². The maximum atomic E-state index is 6.22. The summed E-state index contributed by atoms with van der Waals surface area (Å²) in [4.78, 5) is 6.43. The Morgan fingerprint density at radius 3 is 2.63 bits per heavy atom. The summed E-state index contributed by atoms with van der Waals surface area (Å²) in [6.45, 7) is 6.38. The first-order chi connectivity index (χ1) is 8.99. The molecule has 19 heavy (non-hydrogen) atoms. The molecular weight excluding hydrogens is 287 g/mol. The molecule has 0 radical (unpaired) electrons. The van der Waals surface area contributed by atoms with E-state index in [0.717, 1.165) is 6.54 Å². The molecule has 0 aliphatic carbocycles. The standard InChI is InChI=1S/C12H20Cl2N4O/c1-8(2)7-18(4-5-19-3)12-10(14)6-9(13)11(16-12)17-15/h6,8H,4-5,7,15H2,1-3H3,(H,16,17). The smallest absolute Gasteiger partial charge is 0.161 e. The molecule has 0 saturated carbocycles. The third-order valence-corrected chi connectivity index (χ3v) is 3.06. The summed E-state index contributed by atoms with van der Waals surface area (Å²) in [5, 5.41) is 0.897. The Morgan fingerprint density at radius 1 is 1.42 bits per heavy atom. The first-order valence-corrected chi connectivity index (χ1v) is 6.81. The molecule has 1 heterocycles. The maximum absolute atomic E-state index is 6.22. The Balaban J connectivity index is 3.05. The number of hydrogen-bond donors (Lipinski definition) is 2. The monoisotopic (exact) mass is 306 g/mol. The molecule has 0 fully saturated rings. The molecule has 3 N–H and O–H groups in total. The molecule has 0 unspecified atom stereocenters. The number of pyridine rings is 1. The molecule has 0 atom stereocenters. The molecule has 0 spiro atoms. The summed E-state index contributed by atoms with van der Waals surface area (Å²) < 4.78 is 5.12. The van der Waals surface area contributed by atoms with Gasteiger partial charge >= 0.3 is 0 Å². The van der Waals surface area contributed by atoms with Crippen molar-refractivity contribution in [2.24, 2.45) is 11.8 Å². The van der Waals surface area contributed by atoms with Gasteiger partial charge in [0.1, 0.15) is 5.82 Å². The van der Waals surface area contributed by atoms with Crippen molar-refractivity contribution in [1.29, 1.82) is 0 Å². The topological polar surface area (TPSA) is 63.4 Å². The van der Waals surface area contributed by atoms with E-state index in [-0.39, 0.29) is 0 Å².